The van der Waals surface area contributed by atoms with E-state index in [-0.39, 0.29) is 26.4 Å². The number of carboxylic acids is 1. The minimum atomic E-state index is -1.16. The van der Waals surface area contributed by atoms with E-state index in [9.17, 15) is 14.4 Å². The zero-order valence-corrected chi connectivity index (χ0v) is 15.2. The number of thiazole rings is 1. The van der Waals surface area contributed by atoms with Gasteiger partial charge in [0.15, 0.2) is 5.13 Å². The number of carboxylic acid groups (broad SMARTS) is 1. The first-order valence-corrected chi connectivity index (χ1v) is 9.37. The SMILES string of the molecule is C/C=C(\C(=O)NC1C(=O)N2C(C(=O)O)=CCS[C@@H]12)c1nc(N)sc1Cl. The third-order valence-corrected chi connectivity index (χ3v) is 6.01. The molecule has 0 spiro atoms. The molecule has 2 atom stereocenters. The fourth-order valence-corrected chi connectivity index (χ4v) is 4.76. The van der Waals surface area contributed by atoms with Crippen LogP contribution < -0.4 is 11.1 Å². The second kappa shape index (κ2) is 6.70. The van der Waals surface area contributed by atoms with Gasteiger partial charge in [-0.15, -0.1) is 11.8 Å². The number of allylic oxidation sites excluding steroid dienone is 1. The highest BCUT2D eigenvalue weighted by Gasteiger charge is 2.52. The summed E-state index contributed by atoms with van der Waals surface area (Å²) in [4.78, 5) is 41.2. The maximum Gasteiger partial charge on any atom is 0.352 e. The Bertz CT molecular complexity index is 835. The normalized spacial score (nSPS) is 22.8. The number of nitrogen functional groups attached to an aromatic ring is 1. The minimum absolute atomic E-state index is 0.0548. The number of carbonyl (C=O) groups is 3. The van der Waals surface area contributed by atoms with Crippen LogP contribution in [0.5, 0.6) is 0 Å². The van der Waals surface area contributed by atoms with Crippen LogP contribution in [0, 0.1) is 0 Å². The van der Waals surface area contributed by atoms with Gasteiger partial charge >= 0.3 is 5.97 Å². The molecule has 2 aliphatic rings. The van der Waals surface area contributed by atoms with E-state index in [4.69, 9.17) is 22.4 Å². The highest BCUT2D eigenvalue weighted by atomic mass is 35.5. The number of anilines is 1. The first kappa shape index (κ1) is 17.8. The van der Waals surface area contributed by atoms with Gasteiger partial charge in [0, 0.05) is 5.75 Å². The summed E-state index contributed by atoms with van der Waals surface area (Å²) in [6.07, 6.45) is 3.02. The summed E-state index contributed by atoms with van der Waals surface area (Å²) in [6, 6.07) is -0.801. The largest absolute Gasteiger partial charge is 0.477 e. The van der Waals surface area contributed by atoms with Gasteiger partial charge in [0.1, 0.15) is 27.1 Å². The molecule has 132 valence electrons. The molecule has 0 aromatic carbocycles. The van der Waals surface area contributed by atoms with E-state index in [1.54, 1.807) is 6.92 Å². The molecule has 1 fully saturated rings. The van der Waals surface area contributed by atoms with Gasteiger partial charge in [-0.2, -0.15) is 0 Å². The Morgan fingerprint density at radius 3 is 2.84 bits per heavy atom. The van der Waals surface area contributed by atoms with E-state index in [1.165, 1.54) is 28.8 Å². The second-order valence-corrected chi connectivity index (χ2v) is 7.94. The average Bonchev–Trinajstić information content (AvgIpc) is 2.90. The molecular weight excluding hydrogens is 388 g/mol. The van der Waals surface area contributed by atoms with E-state index in [0.29, 0.717) is 5.75 Å². The molecule has 2 amide bonds. The topological polar surface area (TPSA) is 126 Å². The van der Waals surface area contributed by atoms with Crippen molar-refractivity contribution in [2.45, 2.75) is 18.3 Å². The van der Waals surface area contributed by atoms with Crippen LogP contribution in [-0.2, 0) is 14.4 Å². The first-order chi connectivity index (χ1) is 11.8. The Balaban J connectivity index is 1.76. The van der Waals surface area contributed by atoms with Gasteiger partial charge in [0.25, 0.3) is 11.8 Å². The number of halogens is 1. The van der Waals surface area contributed by atoms with Gasteiger partial charge in [-0.3, -0.25) is 14.5 Å². The van der Waals surface area contributed by atoms with Crippen LogP contribution in [0.1, 0.15) is 12.6 Å². The second-order valence-electron chi connectivity index (χ2n) is 5.15. The molecule has 1 aromatic heterocycles. The van der Waals surface area contributed by atoms with Gasteiger partial charge < -0.3 is 16.2 Å². The van der Waals surface area contributed by atoms with Crippen LogP contribution in [0.3, 0.4) is 0 Å². The number of hydrogen-bond acceptors (Lipinski definition) is 7. The van der Waals surface area contributed by atoms with E-state index >= 15 is 0 Å². The predicted octanol–water partition coefficient (Wildman–Crippen LogP) is 1.15. The fraction of sp³-hybridized carbons (Fsp3) is 0.286. The predicted molar refractivity (Wildman–Crippen MR) is 95.9 cm³/mol. The summed E-state index contributed by atoms with van der Waals surface area (Å²) >= 11 is 8.48. The summed E-state index contributed by atoms with van der Waals surface area (Å²) in [5, 5.41) is 11.6. The van der Waals surface area contributed by atoms with Crippen LogP contribution in [0.4, 0.5) is 5.13 Å². The number of aromatic nitrogens is 1. The third-order valence-electron chi connectivity index (χ3n) is 3.74. The van der Waals surface area contributed by atoms with Crippen molar-refractivity contribution in [3.63, 3.8) is 0 Å². The minimum Gasteiger partial charge on any atom is -0.477 e. The Kier molecular flexibility index (Phi) is 4.76. The lowest BCUT2D eigenvalue weighted by Gasteiger charge is -2.48. The van der Waals surface area contributed by atoms with Gasteiger partial charge in [0.05, 0.1) is 5.57 Å². The van der Waals surface area contributed by atoms with Crippen LogP contribution in [-0.4, -0.2) is 49.9 Å². The monoisotopic (exact) mass is 400 g/mol. The van der Waals surface area contributed by atoms with E-state index in [2.05, 4.69) is 10.3 Å². The number of β-lactam (4-membered cyclic amide) rings is 1. The summed E-state index contributed by atoms with van der Waals surface area (Å²) in [7, 11) is 0. The molecule has 3 heterocycles. The summed E-state index contributed by atoms with van der Waals surface area (Å²) < 4.78 is 0.283. The number of carbonyl (C=O) groups excluding carboxylic acids is 2. The number of fused-ring (bicyclic) bond motifs is 1. The lowest BCUT2D eigenvalue weighted by molar-refractivity contribution is -0.150. The van der Waals surface area contributed by atoms with Crippen molar-refractivity contribution < 1.29 is 19.5 Å². The number of rotatable bonds is 4. The third kappa shape index (κ3) is 3.00. The maximum absolute atomic E-state index is 12.5. The fourth-order valence-electron chi connectivity index (χ4n) is 2.62. The van der Waals surface area contributed by atoms with Crippen molar-refractivity contribution in [2.24, 2.45) is 0 Å². The van der Waals surface area contributed by atoms with Gasteiger partial charge in [-0.25, -0.2) is 9.78 Å². The van der Waals surface area contributed by atoms with Crippen molar-refractivity contribution in [2.75, 3.05) is 11.5 Å². The molecule has 0 bridgehead atoms. The number of nitrogens with two attached hydrogens (primary N) is 1. The Hall–Kier alpha value is -2.04. The highest BCUT2D eigenvalue weighted by Crippen LogP contribution is 2.38. The van der Waals surface area contributed by atoms with Crippen LogP contribution in [0.15, 0.2) is 17.8 Å². The van der Waals surface area contributed by atoms with Crippen molar-refractivity contribution in [1.29, 1.82) is 0 Å². The molecule has 1 aromatic rings. The van der Waals surface area contributed by atoms with Crippen LogP contribution in [0.2, 0.25) is 4.34 Å². The van der Waals surface area contributed by atoms with Crippen LogP contribution >= 0.6 is 34.7 Å². The summed E-state index contributed by atoms with van der Waals surface area (Å²) in [6.45, 7) is 1.65. The van der Waals surface area contributed by atoms with Gasteiger partial charge in [0.2, 0.25) is 0 Å². The zero-order valence-electron chi connectivity index (χ0n) is 12.9. The standard InChI is InChI=1S/C14H13ClN4O4S2/c1-2-5(7-9(15)25-14(16)18-7)10(20)17-8-11(21)19-6(13(22)23)3-4-24-12(8)19/h2-3,8,12H,4H2,1H3,(H2,16,18)(H,17,20)(H,22,23)/b5-2-/t8?,12-/m0/s1. The molecule has 1 saturated heterocycles. The molecule has 0 radical (unpaired) electrons. The van der Waals surface area contributed by atoms with Crippen LogP contribution in [0.25, 0.3) is 5.57 Å². The molecule has 11 heteroatoms. The Labute approximate surface area is 155 Å². The molecule has 2 aliphatic heterocycles. The molecule has 3 rings (SSSR count). The van der Waals surface area contributed by atoms with E-state index < -0.39 is 29.2 Å². The van der Waals surface area contributed by atoms with Gasteiger partial charge in [-0.05, 0) is 13.0 Å². The van der Waals surface area contributed by atoms with Crippen molar-refractivity contribution in [3.05, 3.63) is 27.9 Å². The van der Waals surface area contributed by atoms with Crippen molar-refractivity contribution in [1.82, 2.24) is 15.2 Å². The molecular formula is C14H13ClN4O4S2. The molecule has 8 nitrogen and oxygen atoms in total. The zero-order chi connectivity index (χ0) is 18.3. The maximum atomic E-state index is 12.5. The molecule has 0 saturated carbocycles. The lowest BCUT2D eigenvalue weighted by Crippen LogP contribution is -2.70. The first-order valence-electron chi connectivity index (χ1n) is 7.12. The number of amides is 2. The molecule has 0 aliphatic carbocycles. The smallest absolute Gasteiger partial charge is 0.352 e. The van der Waals surface area contributed by atoms with Crippen molar-refractivity contribution in [3.8, 4) is 0 Å². The number of thioether (sulfide) groups is 1. The highest BCUT2D eigenvalue weighted by molar-refractivity contribution is 8.00. The number of aliphatic carboxylic acids is 1. The van der Waals surface area contributed by atoms with E-state index in [0.717, 1.165) is 11.3 Å². The quantitative estimate of drug-likeness (QED) is 0.511. The van der Waals surface area contributed by atoms with E-state index in [1.807, 2.05) is 0 Å². The lowest BCUT2D eigenvalue weighted by atomic mass is 10.0. The molecule has 4 N–H and O–H groups in total. The Morgan fingerprint density at radius 2 is 2.28 bits per heavy atom. The van der Waals surface area contributed by atoms with Crippen molar-refractivity contribution >= 4 is 63.2 Å². The number of nitrogens with one attached hydrogen (secondary N) is 1. The summed E-state index contributed by atoms with van der Waals surface area (Å²) in [5.41, 5.74) is 6.01. The number of nitrogens with zero attached hydrogens (tertiary/aromatic N) is 2. The average molecular weight is 401 g/mol. The summed E-state index contributed by atoms with van der Waals surface area (Å²) in [5.74, 6) is -1.69. The Morgan fingerprint density at radius 1 is 1.56 bits per heavy atom. The van der Waals surface area contributed by atoms with Gasteiger partial charge in [-0.1, -0.05) is 29.0 Å². The number of hydrogen-bond donors (Lipinski definition) is 3. The molecule has 25 heavy (non-hydrogen) atoms. The molecule has 1 unspecified atom stereocenters.